The van der Waals surface area contributed by atoms with Crippen LogP contribution in [0, 0.1) is 0 Å². The summed E-state index contributed by atoms with van der Waals surface area (Å²) in [6, 6.07) is 0. The summed E-state index contributed by atoms with van der Waals surface area (Å²) in [5, 5.41) is 0. The molecule has 0 spiro atoms. The molecule has 0 atom stereocenters. The van der Waals surface area contributed by atoms with Crippen molar-refractivity contribution < 1.29 is 129 Å². The summed E-state index contributed by atoms with van der Waals surface area (Å²) in [6.07, 6.45) is 0. The van der Waals surface area contributed by atoms with Gasteiger partial charge in [0.05, 0.1) is 0 Å². The third kappa shape index (κ3) is 2160. The Labute approximate surface area is 171 Å². The van der Waals surface area contributed by atoms with Crippen molar-refractivity contribution in [3.63, 3.8) is 0 Å². The zero-order valence-corrected chi connectivity index (χ0v) is 17.2. The van der Waals surface area contributed by atoms with E-state index in [0.717, 1.165) is 0 Å². The van der Waals surface area contributed by atoms with Gasteiger partial charge in [0.2, 0.25) is 0 Å². The van der Waals surface area contributed by atoms with Gasteiger partial charge in [-0.3, -0.25) is 0 Å². The topological polar surface area (TPSA) is 280 Å². The first kappa shape index (κ1) is 60.6. The van der Waals surface area contributed by atoms with Gasteiger partial charge in [0, 0.05) is 46.1 Å². The fourth-order valence-corrected chi connectivity index (χ4v) is 0. The number of hydrogen-bond donors (Lipinski definition) is 0. The van der Waals surface area contributed by atoms with E-state index in [9.17, 15) is 0 Å². The average Bonchev–Trinajstić information content (AvgIpc) is 1.54. The van der Waals surface area contributed by atoms with Gasteiger partial charge in [-0.15, -0.1) is 0 Å². The molecule has 18 heteroatoms. The zero-order valence-electron chi connectivity index (χ0n) is 8.54. The molecule has 0 aromatic rings. The van der Waals surface area contributed by atoms with E-state index < -0.39 is 27.5 Å². The molecule has 12 nitrogen and oxygen atoms in total. The predicted molar refractivity (Wildman–Crippen MR) is 30.9 cm³/mol. The molecule has 101 valence electrons. The largest absolute Gasteiger partial charge is 3.00 e. The van der Waals surface area contributed by atoms with Crippen molar-refractivity contribution in [3.05, 3.63) is 0 Å². The number of hydrogen-bond acceptors (Lipinski definition) is 12. The van der Waals surface area contributed by atoms with Crippen molar-refractivity contribution in [3.8, 4) is 0 Å². The van der Waals surface area contributed by atoms with Gasteiger partial charge in [-0.2, -0.15) is 0 Å². The van der Waals surface area contributed by atoms with Crippen LogP contribution in [-0.4, -0.2) is 61.3 Å². The summed E-state index contributed by atoms with van der Waals surface area (Å²) < 4.78 is 25.6. The summed E-state index contributed by atoms with van der Waals surface area (Å²) >= 11 is 0. The Hall–Kier alpha value is 1.48. The molecule has 1 radical (unpaired) electrons. The maximum Gasteiger partial charge on any atom is 3.00 e. The second kappa shape index (κ2) is 51.4. The SMILES string of the molecule is O=[Si]([O-])[O-].O=[Si]([O-])[O-].O=[Si]([O-])[O-].[Al+3].[K+].[OH-].[OH-].[OH-].[V]. The monoisotopic (exact) mass is 396 g/mol. The van der Waals surface area contributed by atoms with Gasteiger partial charge in [0.1, 0.15) is 0 Å². The van der Waals surface area contributed by atoms with Crippen LogP contribution in [0.3, 0.4) is 0 Å². The van der Waals surface area contributed by atoms with Gasteiger partial charge in [-0.25, -0.2) is 0 Å². The summed E-state index contributed by atoms with van der Waals surface area (Å²) in [5.74, 6) is 0. The molecule has 0 saturated carbocycles. The molecule has 0 aromatic carbocycles. The number of rotatable bonds is 0. The Kier molecular flexibility index (Phi) is 173. The standard InChI is InChI=1S/Al.K.3O3Si.3H2O.V/c;;3*1-4(2)3;;;;/h;;;;;3*1H2;/q+3;+1;3*-2;;;;/p-3. The molecule has 3 N–H and O–H groups in total. The molecule has 0 amide bonds. The summed E-state index contributed by atoms with van der Waals surface area (Å²) in [6.45, 7) is 0. The first-order valence-corrected chi connectivity index (χ1v) is 5.51. The molecular formula is H3AlKO12Si3V-5. The maximum atomic E-state index is 8.52. The summed E-state index contributed by atoms with van der Waals surface area (Å²) in [5.41, 5.74) is 0. The van der Waals surface area contributed by atoms with Crippen molar-refractivity contribution in [2.45, 2.75) is 0 Å². The quantitative estimate of drug-likeness (QED) is 0.345. The molecule has 18 heavy (non-hydrogen) atoms. The smallest absolute Gasteiger partial charge is 0.870 e. The third-order valence-electron chi connectivity index (χ3n) is 0. The van der Waals surface area contributed by atoms with E-state index in [1.54, 1.807) is 0 Å². The minimum atomic E-state index is -3.63. The molecule has 0 heterocycles. The fraction of sp³-hybridized carbons (Fsp3) is 0. The molecule has 0 unspecified atom stereocenters. The Morgan fingerprint density at radius 3 is 0.556 bits per heavy atom. The van der Waals surface area contributed by atoms with E-state index >= 15 is 0 Å². The Morgan fingerprint density at radius 2 is 0.556 bits per heavy atom. The van der Waals surface area contributed by atoms with Crippen LogP contribution in [0.15, 0.2) is 0 Å². The van der Waals surface area contributed by atoms with Gasteiger partial charge in [0.15, 0.2) is 0 Å². The predicted octanol–water partition coefficient (Wildman–Crippen LogP) is -12.5. The van der Waals surface area contributed by atoms with E-state index in [-0.39, 0.29) is 104 Å². The average molecular weight is 396 g/mol. The Bertz CT molecular complexity index is 125. The Balaban J connectivity index is -0.00000000827. The van der Waals surface area contributed by atoms with Gasteiger partial charge in [-0.05, 0) is 0 Å². The molecule has 0 bridgehead atoms. The second-order valence-corrected chi connectivity index (χ2v) is 2.25. The molecule has 0 saturated heterocycles. The van der Waals surface area contributed by atoms with E-state index in [0.29, 0.717) is 0 Å². The van der Waals surface area contributed by atoms with Crippen LogP contribution in [0.2, 0.25) is 0 Å². The first-order valence-electron chi connectivity index (χ1n) is 1.84. The van der Waals surface area contributed by atoms with Crippen LogP contribution >= 0.6 is 0 Å². The Morgan fingerprint density at radius 1 is 0.556 bits per heavy atom. The molecule has 0 aromatic heterocycles. The molecule has 0 aliphatic heterocycles. The minimum Gasteiger partial charge on any atom is -0.870 e. The van der Waals surface area contributed by atoms with Crippen LogP contribution in [-0.2, 0) is 31.9 Å². The van der Waals surface area contributed by atoms with E-state index in [4.69, 9.17) is 42.2 Å². The summed E-state index contributed by atoms with van der Waals surface area (Å²) in [7, 11) is -10.9. The molecule has 0 aliphatic rings. The molecule has 0 aliphatic carbocycles. The molecule has 0 rings (SSSR count). The second-order valence-electron chi connectivity index (χ2n) is 0.750. The van der Waals surface area contributed by atoms with Crippen molar-refractivity contribution in [1.29, 1.82) is 0 Å². The van der Waals surface area contributed by atoms with Gasteiger partial charge in [-0.1, -0.05) is 0 Å². The maximum absolute atomic E-state index is 8.52. The molecule has 0 fully saturated rings. The minimum absolute atomic E-state index is 0. The van der Waals surface area contributed by atoms with Gasteiger partial charge >= 0.3 is 68.7 Å². The zero-order chi connectivity index (χ0) is 10.7. The van der Waals surface area contributed by atoms with Gasteiger partial charge < -0.3 is 58.6 Å². The van der Waals surface area contributed by atoms with Crippen molar-refractivity contribution in [1.82, 2.24) is 0 Å². The van der Waals surface area contributed by atoms with Crippen molar-refractivity contribution in [2.24, 2.45) is 0 Å². The first-order chi connectivity index (χ1) is 5.20. The van der Waals surface area contributed by atoms with E-state index in [2.05, 4.69) is 0 Å². The summed E-state index contributed by atoms with van der Waals surface area (Å²) in [4.78, 5) is 51.1. The van der Waals surface area contributed by atoms with Crippen LogP contribution in [0.5, 0.6) is 0 Å². The van der Waals surface area contributed by atoms with Crippen molar-refractivity contribution in [2.75, 3.05) is 0 Å². The van der Waals surface area contributed by atoms with Crippen molar-refractivity contribution >= 4 is 44.9 Å². The molecular weight excluding hydrogens is 393 g/mol. The van der Waals surface area contributed by atoms with Gasteiger partial charge in [0.25, 0.3) is 0 Å². The third-order valence-corrected chi connectivity index (χ3v) is 0. The van der Waals surface area contributed by atoms with Crippen LogP contribution in [0.1, 0.15) is 0 Å². The van der Waals surface area contributed by atoms with Crippen LogP contribution in [0.4, 0.5) is 0 Å². The van der Waals surface area contributed by atoms with E-state index in [1.165, 1.54) is 0 Å². The van der Waals surface area contributed by atoms with Crippen LogP contribution < -0.4 is 80.2 Å². The van der Waals surface area contributed by atoms with E-state index in [1.807, 2.05) is 0 Å². The fourth-order valence-electron chi connectivity index (χ4n) is 0. The van der Waals surface area contributed by atoms with Crippen LogP contribution in [0.25, 0.3) is 0 Å². The normalized spacial score (nSPS) is 4.00.